The van der Waals surface area contributed by atoms with Gasteiger partial charge in [-0.2, -0.15) is 0 Å². The standard InChI is InChI=1S/C21H25F2N3O3/c1-28-17-3-5-18(6-4-17)29-13-12-25-8-10-26(11-9-25)15-21(27)24-16-2-7-19(22)20(23)14-16/h2-7,14H,8-13,15H2,1H3,(H,24,27)/p+2. The Morgan fingerprint density at radius 3 is 2.28 bits per heavy atom. The SMILES string of the molecule is COc1ccc(OCC[NH+]2CC[NH+](CC(=O)Nc3ccc(F)c(F)c3)CC2)cc1. The maximum absolute atomic E-state index is 13.2. The van der Waals surface area contributed by atoms with E-state index >= 15 is 0 Å². The summed E-state index contributed by atoms with van der Waals surface area (Å²) in [5.74, 6) is -0.468. The van der Waals surface area contributed by atoms with Gasteiger partial charge in [-0.25, -0.2) is 8.78 Å². The molecule has 0 bridgehead atoms. The molecule has 8 heteroatoms. The minimum atomic E-state index is -0.968. The molecule has 1 aliphatic heterocycles. The number of amides is 1. The summed E-state index contributed by atoms with van der Waals surface area (Å²) in [7, 11) is 1.63. The molecule has 1 aliphatic rings. The molecule has 0 unspecified atom stereocenters. The van der Waals surface area contributed by atoms with Crippen LogP contribution in [0.25, 0.3) is 0 Å². The molecular formula is C21H27F2N3O3+2. The Labute approximate surface area is 169 Å². The second-order valence-electron chi connectivity index (χ2n) is 7.13. The Hall–Kier alpha value is -2.71. The molecule has 6 nitrogen and oxygen atoms in total. The molecule has 3 N–H and O–H groups in total. The number of halogens is 2. The van der Waals surface area contributed by atoms with E-state index in [1.54, 1.807) is 7.11 Å². The summed E-state index contributed by atoms with van der Waals surface area (Å²) in [6, 6.07) is 10.9. The Kier molecular flexibility index (Phi) is 7.37. The van der Waals surface area contributed by atoms with Gasteiger partial charge in [0.15, 0.2) is 18.2 Å². The lowest BCUT2D eigenvalue weighted by Crippen LogP contribution is -3.28. The van der Waals surface area contributed by atoms with Crippen LogP contribution in [0.4, 0.5) is 14.5 Å². The van der Waals surface area contributed by atoms with Crippen LogP contribution in [-0.2, 0) is 4.79 Å². The highest BCUT2D eigenvalue weighted by molar-refractivity contribution is 5.91. The molecule has 1 amide bonds. The minimum Gasteiger partial charge on any atom is -0.497 e. The van der Waals surface area contributed by atoms with Gasteiger partial charge >= 0.3 is 0 Å². The summed E-state index contributed by atoms with van der Waals surface area (Å²) in [5, 5.41) is 2.63. The number of hydrogen-bond acceptors (Lipinski definition) is 3. The molecule has 0 saturated carbocycles. The average Bonchev–Trinajstić information content (AvgIpc) is 2.72. The zero-order valence-corrected chi connectivity index (χ0v) is 16.5. The first kappa shape index (κ1) is 21.0. The van der Waals surface area contributed by atoms with Gasteiger partial charge in [0.25, 0.3) is 5.91 Å². The van der Waals surface area contributed by atoms with Gasteiger partial charge in [0.2, 0.25) is 0 Å². The van der Waals surface area contributed by atoms with Crippen LogP contribution in [0.1, 0.15) is 0 Å². The molecule has 2 aromatic rings. The number of benzene rings is 2. The number of rotatable bonds is 8. The second-order valence-corrected chi connectivity index (χ2v) is 7.13. The summed E-state index contributed by atoms with van der Waals surface area (Å²) >= 11 is 0. The molecule has 156 valence electrons. The van der Waals surface area contributed by atoms with Crippen LogP contribution in [-0.4, -0.2) is 58.9 Å². The van der Waals surface area contributed by atoms with E-state index in [0.717, 1.165) is 56.4 Å². The van der Waals surface area contributed by atoms with E-state index in [1.165, 1.54) is 15.9 Å². The van der Waals surface area contributed by atoms with Crippen molar-refractivity contribution in [2.75, 3.05) is 58.3 Å². The van der Waals surface area contributed by atoms with Crippen LogP contribution in [0.2, 0.25) is 0 Å². The van der Waals surface area contributed by atoms with E-state index in [4.69, 9.17) is 9.47 Å². The van der Waals surface area contributed by atoms with Crippen LogP contribution < -0.4 is 24.6 Å². The summed E-state index contributed by atoms with van der Waals surface area (Å²) in [4.78, 5) is 14.8. The summed E-state index contributed by atoms with van der Waals surface area (Å²) in [6.07, 6.45) is 0. The number of methoxy groups -OCH3 is 1. The third kappa shape index (κ3) is 6.40. The lowest BCUT2D eigenvalue weighted by Gasteiger charge is -2.29. The summed E-state index contributed by atoms with van der Waals surface area (Å²) < 4.78 is 37.1. The van der Waals surface area contributed by atoms with Crippen LogP contribution >= 0.6 is 0 Å². The zero-order valence-electron chi connectivity index (χ0n) is 16.5. The highest BCUT2D eigenvalue weighted by atomic mass is 19.2. The van der Waals surface area contributed by atoms with Crippen molar-refractivity contribution < 1.29 is 32.8 Å². The molecule has 0 spiro atoms. The number of piperazine rings is 1. The molecule has 0 aromatic heterocycles. The Balaban J connectivity index is 1.34. The smallest absolute Gasteiger partial charge is 0.279 e. The molecule has 3 rings (SSSR count). The normalized spacial score (nSPS) is 18.9. The lowest BCUT2D eigenvalue weighted by atomic mass is 10.3. The molecule has 2 aromatic carbocycles. The molecule has 1 heterocycles. The predicted molar refractivity (Wildman–Crippen MR) is 105 cm³/mol. The van der Waals surface area contributed by atoms with Gasteiger partial charge in [-0.3, -0.25) is 4.79 Å². The van der Waals surface area contributed by atoms with E-state index in [0.29, 0.717) is 13.2 Å². The van der Waals surface area contributed by atoms with Gasteiger partial charge in [0.05, 0.1) is 7.11 Å². The van der Waals surface area contributed by atoms with E-state index in [-0.39, 0.29) is 11.6 Å². The van der Waals surface area contributed by atoms with Gasteiger partial charge in [0.1, 0.15) is 50.8 Å². The van der Waals surface area contributed by atoms with Crippen LogP contribution in [0, 0.1) is 11.6 Å². The molecule has 0 aliphatic carbocycles. The molecule has 1 fully saturated rings. The third-order valence-corrected chi connectivity index (χ3v) is 5.06. The van der Waals surface area contributed by atoms with E-state index in [2.05, 4.69) is 5.32 Å². The molecule has 29 heavy (non-hydrogen) atoms. The lowest BCUT2D eigenvalue weighted by molar-refractivity contribution is -1.01. The largest absolute Gasteiger partial charge is 0.497 e. The number of anilines is 1. The number of nitrogens with one attached hydrogen (secondary N) is 3. The Morgan fingerprint density at radius 1 is 0.966 bits per heavy atom. The van der Waals surface area contributed by atoms with Gasteiger partial charge in [-0.15, -0.1) is 0 Å². The fourth-order valence-electron chi connectivity index (χ4n) is 3.38. The van der Waals surface area contributed by atoms with Gasteiger partial charge in [-0.05, 0) is 36.4 Å². The number of quaternary nitrogens is 2. The van der Waals surface area contributed by atoms with E-state index in [9.17, 15) is 13.6 Å². The molecule has 0 radical (unpaired) electrons. The minimum absolute atomic E-state index is 0.197. The fraction of sp³-hybridized carbons (Fsp3) is 0.381. The van der Waals surface area contributed by atoms with Crippen molar-refractivity contribution in [1.29, 1.82) is 0 Å². The van der Waals surface area contributed by atoms with Crippen LogP contribution in [0.15, 0.2) is 42.5 Å². The number of hydrogen-bond donors (Lipinski definition) is 3. The zero-order chi connectivity index (χ0) is 20.6. The number of carbonyl (C=O) groups excluding carboxylic acids is 1. The first-order valence-electron chi connectivity index (χ1n) is 9.72. The van der Waals surface area contributed by atoms with Crippen molar-refractivity contribution >= 4 is 11.6 Å². The molecule has 0 atom stereocenters. The average molecular weight is 407 g/mol. The van der Waals surface area contributed by atoms with Gasteiger partial charge < -0.3 is 24.6 Å². The van der Waals surface area contributed by atoms with E-state index in [1.807, 2.05) is 24.3 Å². The summed E-state index contributed by atoms with van der Waals surface area (Å²) in [6.45, 7) is 5.52. The highest BCUT2D eigenvalue weighted by Gasteiger charge is 2.24. The van der Waals surface area contributed by atoms with Gasteiger partial charge in [0, 0.05) is 11.8 Å². The number of ether oxygens (including phenoxy) is 2. The third-order valence-electron chi connectivity index (χ3n) is 5.06. The topological polar surface area (TPSA) is 56.4 Å². The van der Waals surface area contributed by atoms with Crippen LogP contribution in [0.5, 0.6) is 11.5 Å². The van der Waals surface area contributed by atoms with Crippen LogP contribution in [0.3, 0.4) is 0 Å². The van der Waals surface area contributed by atoms with Crippen molar-refractivity contribution in [3.8, 4) is 11.5 Å². The molecule has 1 saturated heterocycles. The first-order chi connectivity index (χ1) is 14.0. The first-order valence-corrected chi connectivity index (χ1v) is 9.72. The van der Waals surface area contributed by atoms with Crippen molar-refractivity contribution in [3.05, 3.63) is 54.1 Å². The van der Waals surface area contributed by atoms with Crippen molar-refractivity contribution in [1.82, 2.24) is 0 Å². The Morgan fingerprint density at radius 2 is 1.62 bits per heavy atom. The van der Waals surface area contributed by atoms with Crippen molar-refractivity contribution in [2.24, 2.45) is 0 Å². The highest BCUT2D eigenvalue weighted by Crippen LogP contribution is 2.16. The van der Waals surface area contributed by atoms with Crippen molar-refractivity contribution in [3.63, 3.8) is 0 Å². The quantitative estimate of drug-likeness (QED) is 0.567. The van der Waals surface area contributed by atoms with E-state index < -0.39 is 11.6 Å². The van der Waals surface area contributed by atoms with Crippen molar-refractivity contribution in [2.45, 2.75) is 0 Å². The number of carbonyl (C=O) groups is 1. The fourth-order valence-corrected chi connectivity index (χ4v) is 3.38. The maximum atomic E-state index is 13.2. The molecular weight excluding hydrogens is 380 g/mol. The monoisotopic (exact) mass is 407 g/mol. The second kappa shape index (κ2) is 10.2. The van der Waals surface area contributed by atoms with Gasteiger partial charge in [-0.1, -0.05) is 0 Å². The Bertz CT molecular complexity index is 809. The maximum Gasteiger partial charge on any atom is 0.279 e. The summed E-state index contributed by atoms with van der Waals surface area (Å²) in [5.41, 5.74) is 0.272. The predicted octanol–water partition coefficient (Wildman–Crippen LogP) is -0.226.